The highest BCUT2D eigenvalue weighted by Crippen LogP contribution is 2.27. The van der Waals surface area contributed by atoms with Gasteiger partial charge in [-0.1, -0.05) is 43.3 Å². The molecule has 1 fully saturated rings. The quantitative estimate of drug-likeness (QED) is 0.801. The lowest BCUT2D eigenvalue weighted by Crippen LogP contribution is -2.42. The number of rotatable bonds is 6. The smallest absolute Gasteiger partial charge is 0.251 e. The van der Waals surface area contributed by atoms with E-state index in [0.717, 1.165) is 31.5 Å². The summed E-state index contributed by atoms with van der Waals surface area (Å²) in [5.41, 5.74) is 1.19. The van der Waals surface area contributed by atoms with Crippen molar-refractivity contribution in [3.8, 4) is 0 Å². The minimum absolute atomic E-state index is 0.0794. The fourth-order valence-electron chi connectivity index (χ4n) is 3.31. The summed E-state index contributed by atoms with van der Waals surface area (Å²) < 4.78 is 25.4. The minimum Gasteiger partial charge on any atom is -0.351 e. The number of nitrogens with one attached hydrogen (secondary N) is 2. The van der Waals surface area contributed by atoms with E-state index in [2.05, 4.69) is 17.6 Å². The lowest BCUT2D eigenvalue weighted by Gasteiger charge is -2.34. The number of carbonyl (C=O) groups is 1. The minimum atomic E-state index is -3.51. The number of sulfone groups is 1. The summed E-state index contributed by atoms with van der Waals surface area (Å²) >= 11 is 0. The number of amides is 1. The molecular weight excluding hydrogens is 360 g/mol. The highest BCUT2D eigenvalue weighted by molar-refractivity contribution is 7.90. The van der Waals surface area contributed by atoms with Crippen LogP contribution in [0.2, 0.25) is 0 Å². The molecule has 0 saturated carbocycles. The molecule has 0 spiro atoms. The van der Waals surface area contributed by atoms with E-state index >= 15 is 0 Å². The van der Waals surface area contributed by atoms with Gasteiger partial charge in [0.2, 0.25) is 0 Å². The highest BCUT2D eigenvalue weighted by Gasteiger charge is 2.27. The van der Waals surface area contributed by atoms with Crippen LogP contribution in [0.25, 0.3) is 0 Å². The molecule has 27 heavy (non-hydrogen) atoms. The molecule has 1 amide bonds. The second-order valence-corrected chi connectivity index (χ2v) is 9.51. The predicted octanol–water partition coefficient (Wildman–Crippen LogP) is 2.78. The number of hydrogen-bond donors (Lipinski definition) is 2. The molecule has 0 radical (unpaired) electrons. The van der Waals surface area contributed by atoms with Gasteiger partial charge in [0, 0.05) is 12.1 Å². The first kappa shape index (κ1) is 19.6. The Kier molecular flexibility index (Phi) is 5.97. The third-order valence-electron chi connectivity index (χ3n) is 5.14. The molecule has 0 atom stereocenters. The molecule has 2 aromatic carbocycles. The molecule has 2 aromatic rings. The van der Waals surface area contributed by atoms with Crippen LogP contribution >= 0.6 is 0 Å². The third kappa shape index (κ3) is 5.17. The van der Waals surface area contributed by atoms with Crippen LogP contribution < -0.4 is 10.6 Å². The fourth-order valence-corrected chi connectivity index (χ4v) is 4.70. The normalized spacial score (nSPS) is 16.6. The molecule has 0 unspecified atom stereocenters. The number of hydrogen-bond acceptors (Lipinski definition) is 4. The highest BCUT2D eigenvalue weighted by atomic mass is 32.2. The van der Waals surface area contributed by atoms with Crippen molar-refractivity contribution in [2.75, 3.05) is 19.6 Å². The van der Waals surface area contributed by atoms with Gasteiger partial charge in [-0.3, -0.25) is 4.79 Å². The van der Waals surface area contributed by atoms with E-state index in [1.807, 2.05) is 18.2 Å². The van der Waals surface area contributed by atoms with E-state index in [4.69, 9.17) is 0 Å². The van der Waals surface area contributed by atoms with E-state index in [9.17, 15) is 13.2 Å². The van der Waals surface area contributed by atoms with Gasteiger partial charge in [-0.05, 0) is 55.1 Å². The molecular formula is C21H26N2O3S. The Hall–Kier alpha value is -2.18. The van der Waals surface area contributed by atoms with Gasteiger partial charge < -0.3 is 10.6 Å². The first-order chi connectivity index (χ1) is 12.9. The molecule has 1 aliphatic heterocycles. The van der Waals surface area contributed by atoms with Crippen LogP contribution in [0.3, 0.4) is 0 Å². The Labute approximate surface area is 161 Å². The summed E-state index contributed by atoms with van der Waals surface area (Å²) in [5, 5.41) is 6.30. The van der Waals surface area contributed by atoms with Crippen molar-refractivity contribution in [3.63, 3.8) is 0 Å². The Bertz CT molecular complexity index is 889. The average molecular weight is 387 g/mol. The summed E-state index contributed by atoms with van der Waals surface area (Å²) in [6.07, 6.45) is 2.03. The van der Waals surface area contributed by atoms with Gasteiger partial charge in [-0.25, -0.2) is 8.42 Å². The lowest BCUT2D eigenvalue weighted by molar-refractivity contribution is 0.0922. The Morgan fingerprint density at radius 2 is 1.78 bits per heavy atom. The molecule has 6 heteroatoms. The third-order valence-corrected chi connectivity index (χ3v) is 6.83. The second kappa shape index (κ2) is 8.23. The SMILES string of the molecule is CC1(CNC(=O)c2cccc(S(=O)(=O)Cc3ccccc3)c2)CCNCC1. The van der Waals surface area contributed by atoms with Gasteiger partial charge >= 0.3 is 0 Å². The summed E-state index contributed by atoms with van der Waals surface area (Å²) in [6.45, 7) is 4.68. The van der Waals surface area contributed by atoms with Crippen LogP contribution in [0, 0.1) is 5.41 Å². The number of benzene rings is 2. The molecule has 3 rings (SSSR count). The monoisotopic (exact) mass is 386 g/mol. The fraction of sp³-hybridized carbons (Fsp3) is 0.381. The van der Waals surface area contributed by atoms with Crippen molar-refractivity contribution >= 4 is 15.7 Å². The van der Waals surface area contributed by atoms with Crippen molar-refractivity contribution in [1.29, 1.82) is 0 Å². The zero-order valence-electron chi connectivity index (χ0n) is 15.6. The molecule has 1 aliphatic rings. The molecule has 1 saturated heterocycles. The van der Waals surface area contributed by atoms with Gasteiger partial charge in [0.1, 0.15) is 0 Å². The average Bonchev–Trinajstić information content (AvgIpc) is 2.67. The maximum Gasteiger partial charge on any atom is 0.251 e. The maximum atomic E-state index is 12.7. The standard InChI is InChI=1S/C21H26N2O3S/c1-21(10-12-22-13-11-21)16-23-20(24)18-8-5-9-19(14-18)27(25,26)15-17-6-3-2-4-7-17/h2-9,14,22H,10-13,15-16H2,1H3,(H,23,24). The van der Waals surface area contributed by atoms with E-state index in [1.165, 1.54) is 6.07 Å². The first-order valence-corrected chi connectivity index (χ1v) is 10.9. The van der Waals surface area contributed by atoms with Crippen LogP contribution in [0.5, 0.6) is 0 Å². The topological polar surface area (TPSA) is 75.3 Å². The molecule has 2 N–H and O–H groups in total. The van der Waals surface area contributed by atoms with E-state index in [0.29, 0.717) is 12.1 Å². The van der Waals surface area contributed by atoms with Gasteiger partial charge in [-0.15, -0.1) is 0 Å². The summed E-state index contributed by atoms with van der Waals surface area (Å²) in [5.74, 6) is -0.309. The maximum absolute atomic E-state index is 12.7. The van der Waals surface area contributed by atoms with Crippen molar-refractivity contribution in [1.82, 2.24) is 10.6 Å². The largest absolute Gasteiger partial charge is 0.351 e. The van der Waals surface area contributed by atoms with Crippen molar-refractivity contribution in [2.24, 2.45) is 5.41 Å². The van der Waals surface area contributed by atoms with Crippen LogP contribution in [-0.4, -0.2) is 34.0 Å². The first-order valence-electron chi connectivity index (χ1n) is 9.24. The van der Waals surface area contributed by atoms with E-state index in [-0.39, 0.29) is 22.0 Å². The van der Waals surface area contributed by atoms with Crippen molar-refractivity contribution < 1.29 is 13.2 Å². The molecule has 0 bridgehead atoms. The summed E-state index contributed by atoms with van der Waals surface area (Å²) in [7, 11) is -3.51. The van der Waals surface area contributed by atoms with Crippen LogP contribution in [0.1, 0.15) is 35.7 Å². The second-order valence-electron chi connectivity index (χ2n) is 7.52. The van der Waals surface area contributed by atoms with Crippen molar-refractivity contribution in [3.05, 3.63) is 65.7 Å². The molecule has 1 heterocycles. The predicted molar refractivity (Wildman–Crippen MR) is 106 cm³/mol. The zero-order valence-corrected chi connectivity index (χ0v) is 16.4. The van der Waals surface area contributed by atoms with Crippen LogP contribution in [0.4, 0.5) is 0 Å². The zero-order chi connectivity index (χ0) is 19.3. The van der Waals surface area contributed by atoms with Crippen molar-refractivity contribution in [2.45, 2.75) is 30.4 Å². The molecule has 0 aliphatic carbocycles. The van der Waals surface area contributed by atoms with Gasteiger partial charge in [0.15, 0.2) is 9.84 Å². The van der Waals surface area contributed by atoms with Gasteiger partial charge in [-0.2, -0.15) is 0 Å². The molecule has 5 nitrogen and oxygen atoms in total. The summed E-state index contributed by atoms with van der Waals surface area (Å²) in [6, 6.07) is 15.3. The summed E-state index contributed by atoms with van der Waals surface area (Å²) in [4.78, 5) is 12.7. The lowest BCUT2D eigenvalue weighted by atomic mass is 9.81. The Morgan fingerprint density at radius 3 is 2.48 bits per heavy atom. The Balaban J connectivity index is 1.70. The Morgan fingerprint density at radius 1 is 1.07 bits per heavy atom. The van der Waals surface area contributed by atoms with Crippen LogP contribution in [-0.2, 0) is 15.6 Å². The van der Waals surface area contributed by atoms with Gasteiger partial charge in [0.25, 0.3) is 5.91 Å². The van der Waals surface area contributed by atoms with Crippen LogP contribution in [0.15, 0.2) is 59.5 Å². The van der Waals surface area contributed by atoms with E-state index < -0.39 is 9.84 Å². The number of carbonyl (C=O) groups excluding carboxylic acids is 1. The van der Waals surface area contributed by atoms with Gasteiger partial charge in [0.05, 0.1) is 10.6 Å². The number of piperidine rings is 1. The van der Waals surface area contributed by atoms with E-state index in [1.54, 1.807) is 30.3 Å². The molecule has 0 aromatic heterocycles. The molecule has 144 valence electrons.